The van der Waals surface area contributed by atoms with Crippen molar-refractivity contribution in [2.24, 2.45) is 0 Å². The summed E-state index contributed by atoms with van der Waals surface area (Å²) in [5.74, 6) is 0.709. The predicted molar refractivity (Wildman–Crippen MR) is 146 cm³/mol. The second-order valence-electron chi connectivity index (χ2n) is 9.78. The normalized spacial score (nSPS) is 14.4. The lowest BCUT2D eigenvalue weighted by molar-refractivity contribution is 0.0953. The summed E-state index contributed by atoms with van der Waals surface area (Å²) in [7, 11) is 0. The Morgan fingerprint density at radius 2 is 1.81 bits per heavy atom. The Labute approximate surface area is 217 Å². The molecule has 5 rings (SSSR count). The van der Waals surface area contributed by atoms with E-state index < -0.39 is 0 Å². The van der Waals surface area contributed by atoms with Gasteiger partial charge in [-0.25, -0.2) is 19.6 Å². The maximum Gasteiger partial charge on any atom is 0.252 e. The highest BCUT2D eigenvalue weighted by Gasteiger charge is 2.20. The molecule has 4 heterocycles. The largest absolute Gasteiger partial charge is 0.352 e. The zero-order valence-corrected chi connectivity index (χ0v) is 21.8. The van der Waals surface area contributed by atoms with Gasteiger partial charge in [0.2, 0.25) is 5.95 Å². The Balaban J connectivity index is 1.23. The molecule has 4 aromatic rings. The lowest BCUT2D eigenvalue weighted by Gasteiger charge is -2.34. The van der Waals surface area contributed by atoms with Crippen molar-refractivity contribution in [2.75, 3.05) is 44.2 Å². The van der Waals surface area contributed by atoms with Crippen molar-refractivity contribution in [3.8, 4) is 11.3 Å². The van der Waals surface area contributed by atoms with Crippen LogP contribution in [0.1, 0.15) is 42.2 Å². The monoisotopic (exact) mass is 498 g/mol. The SMILES string of the molecule is Cc1ccccc1-c1cc(C(=O)NCCCN2CCN(c3ncccn3)CC2)c2cnn(C(C)C)c2n1. The van der Waals surface area contributed by atoms with Gasteiger partial charge < -0.3 is 10.2 Å². The smallest absolute Gasteiger partial charge is 0.252 e. The van der Waals surface area contributed by atoms with E-state index in [1.54, 1.807) is 18.6 Å². The van der Waals surface area contributed by atoms with Crippen LogP contribution in [0.2, 0.25) is 0 Å². The van der Waals surface area contributed by atoms with Crippen LogP contribution in [0.15, 0.2) is 55.0 Å². The number of benzene rings is 1. The quantitative estimate of drug-likeness (QED) is 0.370. The lowest BCUT2D eigenvalue weighted by atomic mass is 10.0. The van der Waals surface area contributed by atoms with Crippen LogP contribution in [-0.4, -0.2) is 74.8 Å². The van der Waals surface area contributed by atoms with Gasteiger partial charge in [-0.15, -0.1) is 0 Å². The van der Waals surface area contributed by atoms with Gasteiger partial charge in [0.05, 0.1) is 22.8 Å². The topological polar surface area (TPSA) is 92.1 Å². The standard InChI is InChI=1S/C28H34N8O/c1-20(2)36-26-24(19-32-36)23(18-25(33-26)22-9-5-4-8-21(22)3)27(37)29-12-7-13-34-14-16-35(17-15-34)28-30-10-6-11-31-28/h4-6,8-11,18-20H,7,12-17H2,1-3H3,(H,29,37). The molecule has 0 bridgehead atoms. The number of fused-ring (bicyclic) bond motifs is 1. The number of rotatable bonds is 8. The highest BCUT2D eigenvalue weighted by Crippen LogP contribution is 2.28. The van der Waals surface area contributed by atoms with Gasteiger partial charge in [-0.1, -0.05) is 24.3 Å². The van der Waals surface area contributed by atoms with Crippen molar-refractivity contribution in [1.29, 1.82) is 0 Å². The first-order valence-corrected chi connectivity index (χ1v) is 13.0. The van der Waals surface area contributed by atoms with Gasteiger partial charge in [-0.05, 0) is 51.4 Å². The van der Waals surface area contributed by atoms with Gasteiger partial charge in [-0.2, -0.15) is 5.10 Å². The number of hydrogen-bond donors (Lipinski definition) is 1. The molecule has 0 saturated carbocycles. The van der Waals surface area contributed by atoms with Crippen LogP contribution in [0.4, 0.5) is 5.95 Å². The number of aryl methyl sites for hydroxylation is 1. The van der Waals surface area contributed by atoms with Crippen molar-refractivity contribution in [3.05, 3.63) is 66.1 Å². The average molecular weight is 499 g/mol. The second kappa shape index (κ2) is 11.0. The van der Waals surface area contributed by atoms with E-state index in [2.05, 4.69) is 57.0 Å². The van der Waals surface area contributed by atoms with E-state index in [9.17, 15) is 4.79 Å². The molecule has 9 nitrogen and oxygen atoms in total. The van der Waals surface area contributed by atoms with Crippen LogP contribution in [0, 0.1) is 6.92 Å². The third-order valence-corrected chi connectivity index (χ3v) is 6.87. The molecule has 1 saturated heterocycles. The van der Waals surface area contributed by atoms with E-state index in [-0.39, 0.29) is 11.9 Å². The zero-order chi connectivity index (χ0) is 25.8. The highest BCUT2D eigenvalue weighted by molar-refractivity contribution is 6.06. The molecule has 1 amide bonds. The summed E-state index contributed by atoms with van der Waals surface area (Å²) >= 11 is 0. The summed E-state index contributed by atoms with van der Waals surface area (Å²) in [6.07, 6.45) is 6.21. The van der Waals surface area contributed by atoms with Crippen molar-refractivity contribution in [3.63, 3.8) is 0 Å². The number of anilines is 1. The number of hydrogen-bond acceptors (Lipinski definition) is 7. The van der Waals surface area contributed by atoms with E-state index in [0.717, 1.165) is 72.9 Å². The minimum Gasteiger partial charge on any atom is -0.352 e. The summed E-state index contributed by atoms with van der Waals surface area (Å²) in [5.41, 5.74) is 4.29. The molecule has 1 fully saturated rings. The minimum atomic E-state index is -0.0865. The van der Waals surface area contributed by atoms with E-state index in [0.29, 0.717) is 12.1 Å². The zero-order valence-electron chi connectivity index (χ0n) is 21.8. The summed E-state index contributed by atoms with van der Waals surface area (Å²) < 4.78 is 1.88. The molecule has 1 aliphatic heterocycles. The van der Waals surface area contributed by atoms with E-state index in [1.165, 1.54) is 0 Å². The molecule has 37 heavy (non-hydrogen) atoms. The van der Waals surface area contributed by atoms with Crippen molar-refractivity contribution in [2.45, 2.75) is 33.2 Å². The summed E-state index contributed by atoms with van der Waals surface area (Å²) in [4.78, 5) is 31.6. The van der Waals surface area contributed by atoms with Crippen LogP contribution >= 0.6 is 0 Å². The maximum atomic E-state index is 13.3. The fourth-order valence-corrected chi connectivity index (χ4v) is 4.81. The molecule has 192 valence electrons. The van der Waals surface area contributed by atoms with Gasteiger partial charge in [0.1, 0.15) is 0 Å². The molecule has 3 aromatic heterocycles. The molecule has 1 aliphatic rings. The van der Waals surface area contributed by atoms with Crippen LogP contribution in [0.3, 0.4) is 0 Å². The number of nitrogens with one attached hydrogen (secondary N) is 1. The molecule has 1 N–H and O–H groups in total. The van der Waals surface area contributed by atoms with Crippen LogP contribution in [-0.2, 0) is 0 Å². The van der Waals surface area contributed by atoms with Gasteiger partial charge >= 0.3 is 0 Å². The molecular weight excluding hydrogens is 464 g/mol. The van der Waals surface area contributed by atoms with Crippen molar-refractivity contribution in [1.82, 2.24) is 34.9 Å². The molecule has 9 heteroatoms. The summed E-state index contributed by atoms with van der Waals surface area (Å²) in [5, 5.41) is 8.45. The minimum absolute atomic E-state index is 0.0865. The number of amides is 1. The number of piperazine rings is 1. The van der Waals surface area contributed by atoms with E-state index in [1.807, 2.05) is 35.0 Å². The van der Waals surface area contributed by atoms with Gasteiger partial charge in [0, 0.05) is 56.7 Å². The Morgan fingerprint density at radius 3 is 2.54 bits per heavy atom. The first kappa shape index (κ1) is 24.8. The molecular formula is C28H34N8O. The van der Waals surface area contributed by atoms with Crippen LogP contribution in [0.5, 0.6) is 0 Å². The number of pyridine rings is 1. The van der Waals surface area contributed by atoms with Crippen molar-refractivity contribution < 1.29 is 4.79 Å². The van der Waals surface area contributed by atoms with Gasteiger partial charge in [0.15, 0.2) is 5.65 Å². The number of carbonyl (C=O) groups excluding carboxylic acids is 1. The third kappa shape index (κ3) is 5.46. The predicted octanol–water partition coefficient (Wildman–Crippen LogP) is 3.72. The molecule has 0 unspecified atom stereocenters. The average Bonchev–Trinajstić information content (AvgIpc) is 3.36. The number of carbonyl (C=O) groups is 1. The number of aromatic nitrogens is 5. The molecule has 1 aromatic carbocycles. The van der Waals surface area contributed by atoms with E-state index >= 15 is 0 Å². The van der Waals surface area contributed by atoms with Gasteiger partial charge in [0.25, 0.3) is 5.91 Å². The summed E-state index contributed by atoms with van der Waals surface area (Å²) in [6, 6.07) is 12.0. The molecule has 0 aliphatic carbocycles. The van der Waals surface area contributed by atoms with Crippen LogP contribution < -0.4 is 10.2 Å². The summed E-state index contributed by atoms with van der Waals surface area (Å²) in [6.45, 7) is 11.5. The Hall–Kier alpha value is -3.85. The Bertz CT molecular complexity index is 1360. The second-order valence-corrected chi connectivity index (χ2v) is 9.78. The molecule has 0 spiro atoms. The van der Waals surface area contributed by atoms with Crippen LogP contribution in [0.25, 0.3) is 22.3 Å². The highest BCUT2D eigenvalue weighted by atomic mass is 16.1. The number of nitrogens with zero attached hydrogens (tertiary/aromatic N) is 7. The Morgan fingerprint density at radius 1 is 1.05 bits per heavy atom. The van der Waals surface area contributed by atoms with Gasteiger partial charge in [-0.3, -0.25) is 9.69 Å². The fraction of sp³-hybridized carbons (Fsp3) is 0.393. The first-order valence-electron chi connectivity index (χ1n) is 13.0. The van der Waals surface area contributed by atoms with Crippen molar-refractivity contribution >= 4 is 22.9 Å². The Kier molecular flexibility index (Phi) is 7.41. The van der Waals surface area contributed by atoms with E-state index in [4.69, 9.17) is 4.98 Å². The molecule has 0 radical (unpaired) electrons. The fourth-order valence-electron chi connectivity index (χ4n) is 4.81. The maximum absolute atomic E-state index is 13.3. The molecule has 0 atom stereocenters. The third-order valence-electron chi connectivity index (χ3n) is 6.87. The first-order chi connectivity index (χ1) is 18.0. The lowest BCUT2D eigenvalue weighted by Crippen LogP contribution is -2.47.